The van der Waals surface area contributed by atoms with Crippen molar-refractivity contribution in [2.75, 3.05) is 29.2 Å². The summed E-state index contributed by atoms with van der Waals surface area (Å²) in [6.45, 7) is 6.67. The molecule has 0 bridgehead atoms. The summed E-state index contributed by atoms with van der Waals surface area (Å²) in [4.78, 5) is 41.4. The van der Waals surface area contributed by atoms with Gasteiger partial charge in [0.1, 0.15) is 0 Å². The number of nitrogens with one attached hydrogen (secondary N) is 1. The molecule has 0 radical (unpaired) electrons. The van der Waals surface area contributed by atoms with Crippen molar-refractivity contribution >= 4 is 34.7 Å². The molecule has 2 aromatic carbocycles. The highest BCUT2D eigenvalue weighted by molar-refractivity contribution is 6.17. The van der Waals surface area contributed by atoms with Crippen molar-refractivity contribution in [3.63, 3.8) is 0 Å². The van der Waals surface area contributed by atoms with Crippen LogP contribution in [0.2, 0.25) is 0 Å². The van der Waals surface area contributed by atoms with Crippen LogP contribution in [0.3, 0.4) is 0 Å². The number of carbonyl (C=O) groups excluding carboxylic acids is 3. The average Bonchev–Trinajstić information content (AvgIpc) is 2.97. The fourth-order valence-corrected chi connectivity index (χ4v) is 3.71. The van der Waals surface area contributed by atoms with Crippen molar-refractivity contribution < 1.29 is 19.5 Å². The third kappa shape index (κ3) is 4.37. The molecule has 0 aromatic heterocycles. The largest absolute Gasteiger partial charge is 0.503 e. The summed E-state index contributed by atoms with van der Waals surface area (Å²) < 4.78 is 0. The number of Topliss-reactive ketones (excluding diaryl/α,β-unsaturated/α-hetero) is 1. The van der Waals surface area contributed by atoms with E-state index in [0.29, 0.717) is 16.9 Å². The normalized spacial score (nSPS) is 16.4. The minimum Gasteiger partial charge on any atom is -0.503 e. The number of hydrogen-bond donors (Lipinski definition) is 2. The molecule has 1 unspecified atom stereocenters. The van der Waals surface area contributed by atoms with Crippen LogP contribution in [-0.4, -0.2) is 36.8 Å². The van der Waals surface area contributed by atoms with E-state index in [4.69, 9.17) is 0 Å². The molecule has 1 heterocycles. The molecule has 0 saturated heterocycles. The van der Waals surface area contributed by atoms with Crippen LogP contribution in [0.25, 0.3) is 0 Å². The standard InChI is InChI=1S/C25H29N3O4/c1-15(29)26-17-8-7-9-19(14-17)28-21(16-10-12-18(13-11-16)27(5)6)20(22(30)24(28)32)23(31)25(2,3)4/h7-14,21,30H,1-6H3,(H,26,29). The van der Waals surface area contributed by atoms with Crippen LogP contribution in [-0.2, 0) is 14.4 Å². The lowest BCUT2D eigenvalue weighted by molar-refractivity contribution is -0.123. The maximum atomic E-state index is 13.3. The third-order valence-electron chi connectivity index (χ3n) is 5.30. The lowest BCUT2D eigenvalue weighted by Gasteiger charge is -2.29. The topological polar surface area (TPSA) is 90.0 Å². The first-order valence-corrected chi connectivity index (χ1v) is 10.4. The van der Waals surface area contributed by atoms with E-state index in [9.17, 15) is 19.5 Å². The Morgan fingerprint density at radius 2 is 1.69 bits per heavy atom. The SMILES string of the molecule is CC(=O)Nc1cccc(N2C(=O)C(O)=C(C(=O)C(C)(C)C)C2c2ccc(N(C)C)cc2)c1. The van der Waals surface area contributed by atoms with Gasteiger partial charge in [-0.15, -0.1) is 0 Å². The predicted octanol–water partition coefficient (Wildman–Crippen LogP) is 4.23. The maximum Gasteiger partial charge on any atom is 0.294 e. The molecule has 0 spiro atoms. The second kappa shape index (κ2) is 8.49. The van der Waals surface area contributed by atoms with Crippen LogP contribution in [0.4, 0.5) is 17.1 Å². The van der Waals surface area contributed by atoms with Crippen molar-refractivity contribution in [3.05, 3.63) is 65.4 Å². The van der Waals surface area contributed by atoms with Crippen molar-refractivity contribution in [3.8, 4) is 0 Å². The van der Waals surface area contributed by atoms with Gasteiger partial charge in [-0.3, -0.25) is 19.3 Å². The average molecular weight is 436 g/mol. The van der Waals surface area contributed by atoms with E-state index in [0.717, 1.165) is 5.69 Å². The van der Waals surface area contributed by atoms with E-state index in [2.05, 4.69) is 5.32 Å². The summed E-state index contributed by atoms with van der Waals surface area (Å²) in [5, 5.41) is 13.5. The first kappa shape index (κ1) is 23.1. The molecule has 2 aromatic rings. The number of rotatable bonds is 5. The fourth-order valence-electron chi connectivity index (χ4n) is 3.71. The molecular weight excluding hydrogens is 406 g/mol. The van der Waals surface area contributed by atoms with E-state index in [1.54, 1.807) is 45.0 Å². The molecule has 0 saturated carbocycles. The van der Waals surface area contributed by atoms with Crippen LogP contribution in [0, 0.1) is 5.41 Å². The van der Waals surface area contributed by atoms with Crippen molar-refractivity contribution in [2.24, 2.45) is 5.41 Å². The molecule has 168 valence electrons. The van der Waals surface area contributed by atoms with Gasteiger partial charge in [0.2, 0.25) is 5.91 Å². The van der Waals surface area contributed by atoms with E-state index >= 15 is 0 Å². The quantitative estimate of drug-likeness (QED) is 0.734. The number of amides is 2. The van der Waals surface area contributed by atoms with Crippen molar-refractivity contribution in [1.29, 1.82) is 0 Å². The number of ketones is 1. The molecule has 3 rings (SSSR count). The van der Waals surface area contributed by atoms with Crippen LogP contribution >= 0.6 is 0 Å². The second-order valence-electron chi connectivity index (χ2n) is 9.14. The third-order valence-corrected chi connectivity index (χ3v) is 5.30. The molecule has 1 atom stereocenters. The van der Waals surface area contributed by atoms with Gasteiger partial charge in [-0.1, -0.05) is 39.0 Å². The van der Waals surface area contributed by atoms with Crippen molar-refractivity contribution in [1.82, 2.24) is 0 Å². The van der Waals surface area contributed by atoms with Gasteiger partial charge in [0.25, 0.3) is 5.91 Å². The molecule has 0 fully saturated rings. The lowest BCUT2D eigenvalue weighted by Crippen LogP contribution is -2.33. The van der Waals surface area contributed by atoms with Gasteiger partial charge in [-0.2, -0.15) is 0 Å². The number of carbonyl (C=O) groups is 3. The summed E-state index contributed by atoms with van der Waals surface area (Å²) in [5.74, 6) is -1.74. The molecule has 2 N–H and O–H groups in total. The summed E-state index contributed by atoms with van der Waals surface area (Å²) in [6.07, 6.45) is 0. The van der Waals surface area contributed by atoms with Gasteiger partial charge in [-0.25, -0.2) is 0 Å². The van der Waals surface area contributed by atoms with Crippen LogP contribution in [0.15, 0.2) is 59.9 Å². The number of nitrogens with zero attached hydrogens (tertiary/aromatic N) is 2. The second-order valence-corrected chi connectivity index (χ2v) is 9.14. The molecule has 2 amide bonds. The molecule has 7 nitrogen and oxygen atoms in total. The molecule has 0 aliphatic carbocycles. The van der Waals surface area contributed by atoms with E-state index in [1.807, 2.05) is 43.3 Å². The Hall–Kier alpha value is -3.61. The van der Waals surface area contributed by atoms with E-state index < -0.39 is 23.1 Å². The highest BCUT2D eigenvalue weighted by atomic mass is 16.3. The van der Waals surface area contributed by atoms with Gasteiger partial charge in [0.15, 0.2) is 11.5 Å². The Morgan fingerprint density at radius 1 is 1.06 bits per heavy atom. The molecule has 1 aliphatic rings. The van der Waals surface area contributed by atoms with Gasteiger partial charge < -0.3 is 15.3 Å². The summed E-state index contributed by atoms with van der Waals surface area (Å²) in [5.41, 5.74) is 1.93. The van der Waals surface area contributed by atoms with Gasteiger partial charge in [0, 0.05) is 43.5 Å². The molecule has 32 heavy (non-hydrogen) atoms. The first-order chi connectivity index (χ1) is 14.9. The molecule has 1 aliphatic heterocycles. The molecule has 7 heteroatoms. The summed E-state index contributed by atoms with van der Waals surface area (Å²) in [7, 11) is 3.85. The molecular formula is C25H29N3O4. The Kier molecular flexibility index (Phi) is 6.12. The van der Waals surface area contributed by atoms with Crippen LogP contribution < -0.4 is 15.1 Å². The minimum atomic E-state index is -0.794. The van der Waals surface area contributed by atoms with Gasteiger partial charge >= 0.3 is 0 Å². The van der Waals surface area contributed by atoms with E-state index in [-0.39, 0.29) is 17.3 Å². The zero-order valence-corrected chi connectivity index (χ0v) is 19.3. The van der Waals surface area contributed by atoms with Gasteiger partial charge in [0.05, 0.1) is 11.6 Å². The number of aliphatic hydroxyl groups is 1. The highest BCUT2D eigenvalue weighted by Gasteiger charge is 2.46. The first-order valence-electron chi connectivity index (χ1n) is 10.4. The monoisotopic (exact) mass is 435 g/mol. The van der Waals surface area contributed by atoms with Crippen LogP contribution in [0.5, 0.6) is 0 Å². The zero-order valence-electron chi connectivity index (χ0n) is 19.3. The smallest absolute Gasteiger partial charge is 0.294 e. The number of anilines is 3. The summed E-state index contributed by atoms with van der Waals surface area (Å²) in [6, 6.07) is 13.5. The van der Waals surface area contributed by atoms with Crippen LogP contribution in [0.1, 0.15) is 39.3 Å². The zero-order chi connectivity index (χ0) is 23.8. The summed E-state index contributed by atoms with van der Waals surface area (Å²) >= 11 is 0. The highest BCUT2D eigenvalue weighted by Crippen LogP contribution is 2.44. The maximum absolute atomic E-state index is 13.3. The fraction of sp³-hybridized carbons (Fsp3) is 0.320. The van der Waals surface area contributed by atoms with Crippen molar-refractivity contribution in [2.45, 2.75) is 33.7 Å². The Balaban J connectivity index is 2.17. The van der Waals surface area contributed by atoms with Gasteiger partial charge in [-0.05, 0) is 35.9 Å². The number of aliphatic hydroxyl groups excluding tert-OH is 1. The number of hydrogen-bond acceptors (Lipinski definition) is 5. The minimum absolute atomic E-state index is 0.0741. The Morgan fingerprint density at radius 3 is 2.22 bits per heavy atom. The Labute approximate surface area is 188 Å². The predicted molar refractivity (Wildman–Crippen MR) is 126 cm³/mol. The van der Waals surface area contributed by atoms with E-state index in [1.165, 1.54) is 11.8 Å². The number of benzene rings is 2. The lowest BCUT2D eigenvalue weighted by atomic mass is 9.82. The Bertz CT molecular complexity index is 1090.